The number of nitrogens with zero attached hydrogens (tertiary/aromatic N) is 3. The van der Waals surface area contributed by atoms with E-state index in [0.29, 0.717) is 47.7 Å². The van der Waals surface area contributed by atoms with Gasteiger partial charge in [0.15, 0.2) is 5.76 Å². The van der Waals surface area contributed by atoms with Crippen LogP contribution in [0.25, 0.3) is 22.4 Å². The number of benzene rings is 2. The van der Waals surface area contributed by atoms with E-state index in [-0.39, 0.29) is 30.1 Å². The van der Waals surface area contributed by atoms with Crippen LogP contribution in [0, 0.1) is 5.82 Å². The van der Waals surface area contributed by atoms with Gasteiger partial charge in [0.2, 0.25) is 5.91 Å². The van der Waals surface area contributed by atoms with Crippen molar-refractivity contribution in [2.24, 2.45) is 0 Å². The number of halogens is 1. The molecule has 0 aliphatic carbocycles. The topological polar surface area (TPSA) is 92.1 Å². The van der Waals surface area contributed by atoms with Gasteiger partial charge in [-0.1, -0.05) is 17.3 Å². The molecule has 1 aliphatic heterocycles. The van der Waals surface area contributed by atoms with E-state index in [1.54, 1.807) is 23.1 Å². The summed E-state index contributed by atoms with van der Waals surface area (Å²) >= 11 is 0. The molecule has 0 unspecified atom stereocenters. The number of hydrogen-bond donors (Lipinski definition) is 1. The predicted molar refractivity (Wildman–Crippen MR) is 112 cm³/mol. The molecular formula is C23H19FN4O3. The lowest BCUT2D eigenvalue weighted by Gasteiger charge is -2.26. The van der Waals surface area contributed by atoms with Crippen molar-refractivity contribution in [1.82, 2.24) is 20.0 Å². The van der Waals surface area contributed by atoms with Crippen LogP contribution in [0.1, 0.15) is 23.4 Å². The molecule has 0 saturated carbocycles. The van der Waals surface area contributed by atoms with Crippen LogP contribution < -0.4 is 5.56 Å². The molecule has 1 amide bonds. The third-order valence-electron chi connectivity index (χ3n) is 5.55. The number of amides is 1. The van der Waals surface area contributed by atoms with E-state index in [1.807, 2.05) is 18.2 Å². The van der Waals surface area contributed by atoms with Gasteiger partial charge in [0.25, 0.3) is 5.56 Å². The van der Waals surface area contributed by atoms with Crippen LogP contribution in [0.5, 0.6) is 0 Å². The smallest absolute Gasteiger partial charge is 0.270 e. The van der Waals surface area contributed by atoms with Crippen molar-refractivity contribution in [2.75, 3.05) is 6.54 Å². The Morgan fingerprint density at radius 2 is 1.97 bits per heavy atom. The number of hydrogen-bond acceptors (Lipinski definition) is 5. The zero-order chi connectivity index (χ0) is 21.4. The van der Waals surface area contributed by atoms with E-state index in [1.165, 1.54) is 12.1 Å². The lowest BCUT2D eigenvalue weighted by atomic mass is 10.0. The van der Waals surface area contributed by atoms with Crippen molar-refractivity contribution in [2.45, 2.75) is 25.8 Å². The zero-order valence-corrected chi connectivity index (χ0v) is 16.6. The summed E-state index contributed by atoms with van der Waals surface area (Å²) in [6.07, 6.45) is 1.06. The third kappa shape index (κ3) is 3.72. The van der Waals surface area contributed by atoms with Gasteiger partial charge in [-0.25, -0.2) is 9.37 Å². The summed E-state index contributed by atoms with van der Waals surface area (Å²) in [6.45, 7) is 0.878. The quantitative estimate of drug-likeness (QED) is 0.549. The largest absolute Gasteiger partial charge is 0.356 e. The van der Waals surface area contributed by atoms with E-state index < -0.39 is 0 Å². The second kappa shape index (κ2) is 7.79. The van der Waals surface area contributed by atoms with Gasteiger partial charge >= 0.3 is 0 Å². The first kappa shape index (κ1) is 19.2. The molecule has 0 bridgehead atoms. The Morgan fingerprint density at radius 1 is 1.16 bits per heavy atom. The van der Waals surface area contributed by atoms with Gasteiger partial charge in [-0.15, -0.1) is 0 Å². The van der Waals surface area contributed by atoms with Crippen molar-refractivity contribution < 1.29 is 13.7 Å². The first-order chi connectivity index (χ1) is 15.1. The molecule has 0 atom stereocenters. The second-order valence-corrected chi connectivity index (χ2v) is 7.54. The molecule has 2 aromatic heterocycles. The number of rotatable bonds is 4. The van der Waals surface area contributed by atoms with Crippen LogP contribution in [0.3, 0.4) is 0 Å². The summed E-state index contributed by atoms with van der Waals surface area (Å²) in [4.78, 5) is 33.9. The Balaban J connectivity index is 1.28. The molecule has 3 heterocycles. The standard InChI is InChI=1S/C23H19FN4O3/c24-15-7-5-14(6-8-15)22-16-11-12-28(13-20(16)27-31-22)21(29)10-9-19-23(30)26-18-4-2-1-3-17(18)25-19/h1-8H,9-13H2,(H,26,30). The summed E-state index contributed by atoms with van der Waals surface area (Å²) in [5.74, 6) is 0.244. The molecule has 1 N–H and O–H groups in total. The molecule has 2 aromatic carbocycles. The van der Waals surface area contributed by atoms with Crippen LogP contribution in [0.4, 0.5) is 4.39 Å². The summed E-state index contributed by atoms with van der Waals surface area (Å²) in [7, 11) is 0. The van der Waals surface area contributed by atoms with E-state index in [4.69, 9.17) is 4.52 Å². The maximum absolute atomic E-state index is 13.2. The van der Waals surface area contributed by atoms with Gasteiger partial charge in [-0.3, -0.25) is 9.59 Å². The summed E-state index contributed by atoms with van der Waals surface area (Å²) in [5.41, 5.74) is 3.87. The molecule has 31 heavy (non-hydrogen) atoms. The van der Waals surface area contributed by atoms with Crippen LogP contribution in [-0.2, 0) is 24.2 Å². The lowest BCUT2D eigenvalue weighted by molar-refractivity contribution is -0.132. The molecule has 0 fully saturated rings. The van der Waals surface area contributed by atoms with Gasteiger partial charge < -0.3 is 14.4 Å². The van der Waals surface area contributed by atoms with Crippen molar-refractivity contribution in [3.63, 3.8) is 0 Å². The van der Waals surface area contributed by atoms with Crippen molar-refractivity contribution in [1.29, 1.82) is 0 Å². The molecule has 8 heteroatoms. The third-order valence-corrected chi connectivity index (χ3v) is 5.55. The molecular weight excluding hydrogens is 399 g/mol. The number of aromatic amines is 1. The number of aromatic nitrogens is 3. The second-order valence-electron chi connectivity index (χ2n) is 7.54. The summed E-state index contributed by atoms with van der Waals surface area (Å²) < 4.78 is 18.7. The Bertz CT molecular complexity index is 1330. The fourth-order valence-corrected chi connectivity index (χ4v) is 3.89. The molecule has 1 aliphatic rings. The van der Waals surface area contributed by atoms with Crippen LogP contribution in [-0.4, -0.2) is 32.5 Å². The number of carbonyl (C=O) groups is 1. The fraction of sp³-hybridized carbons (Fsp3) is 0.217. The number of H-pyrrole nitrogens is 1. The average Bonchev–Trinajstić information content (AvgIpc) is 3.21. The molecule has 5 rings (SSSR count). The molecule has 0 saturated heterocycles. The summed E-state index contributed by atoms with van der Waals surface area (Å²) in [5, 5.41) is 4.12. The van der Waals surface area contributed by atoms with Gasteiger partial charge in [-0.2, -0.15) is 0 Å². The highest BCUT2D eigenvalue weighted by atomic mass is 19.1. The Labute approximate surface area is 176 Å². The number of aryl methyl sites for hydroxylation is 1. The molecule has 156 valence electrons. The lowest BCUT2D eigenvalue weighted by Crippen LogP contribution is -2.36. The highest BCUT2D eigenvalue weighted by Gasteiger charge is 2.27. The van der Waals surface area contributed by atoms with E-state index in [0.717, 1.165) is 11.1 Å². The van der Waals surface area contributed by atoms with Gasteiger partial charge in [0.1, 0.15) is 17.2 Å². The maximum atomic E-state index is 13.2. The van der Waals surface area contributed by atoms with E-state index in [9.17, 15) is 14.0 Å². The normalized spacial score (nSPS) is 13.4. The monoisotopic (exact) mass is 418 g/mol. The highest BCUT2D eigenvalue weighted by Crippen LogP contribution is 2.30. The summed E-state index contributed by atoms with van der Waals surface area (Å²) in [6, 6.07) is 13.4. The number of carbonyl (C=O) groups excluding carboxylic acids is 1. The zero-order valence-electron chi connectivity index (χ0n) is 16.6. The van der Waals surface area contributed by atoms with Gasteiger partial charge in [-0.05, 0) is 42.8 Å². The Hall–Kier alpha value is -3.81. The minimum Gasteiger partial charge on any atom is -0.356 e. The molecule has 0 radical (unpaired) electrons. The van der Waals surface area contributed by atoms with Crippen molar-refractivity contribution >= 4 is 16.9 Å². The average molecular weight is 418 g/mol. The first-order valence-corrected chi connectivity index (χ1v) is 10.1. The highest BCUT2D eigenvalue weighted by molar-refractivity contribution is 5.77. The predicted octanol–water partition coefficient (Wildman–Crippen LogP) is 3.23. The molecule has 7 nitrogen and oxygen atoms in total. The van der Waals surface area contributed by atoms with Crippen LogP contribution in [0.2, 0.25) is 0 Å². The SMILES string of the molecule is O=C(CCc1nc2ccccc2[nH]c1=O)N1CCc2c(noc2-c2ccc(F)cc2)C1. The van der Waals surface area contributed by atoms with Crippen molar-refractivity contribution in [3.05, 3.63) is 81.7 Å². The van der Waals surface area contributed by atoms with Gasteiger partial charge in [0.05, 0.1) is 17.6 Å². The van der Waals surface area contributed by atoms with Crippen LogP contribution in [0.15, 0.2) is 57.8 Å². The molecule has 0 spiro atoms. The number of fused-ring (bicyclic) bond motifs is 2. The Morgan fingerprint density at radius 3 is 2.81 bits per heavy atom. The van der Waals surface area contributed by atoms with E-state index >= 15 is 0 Å². The number of nitrogens with one attached hydrogen (secondary N) is 1. The minimum absolute atomic E-state index is 0.0636. The fourth-order valence-electron chi connectivity index (χ4n) is 3.89. The number of para-hydroxylation sites is 2. The van der Waals surface area contributed by atoms with Crippen LogP contribution >= 0.6 is 0 Å². The molecule has 4 aromatic rings. The first-order valence-electron chi connectivity index (χ1n) is 10.1. The van der Waals surface area contributed by atoms with Crippen molar-refractivity contribution in [3.8, 4) is 11.3 Å². The van der Waals surface area contributed by atoms with Gasteiger partial charge in [0, 0.05) is 30.5 Å². The maximum Gasteiger partial charge on any atom is 0.270 e. The minimum atomic E-state index is -0.311. The Kier molecular flexibility index (Phi) is 4.82. The van der Waals surface area contributed by atoms with E-state index in [2.05, 4.69) is 15.1 Å².